The van der Waals surface area contributed by atoms with E-state index in [2.05, 4.69) is 20.3 Å². The molecule has 0 amide bonds. The van der Waals surface area contributed by atoms with Crippen molar-refractivity contribution >= 4 is 16.0 Å². The van der Waals surface area contributed by atoms with Crippen molar-refractivity contribution in [1.29, 1.82) is 0 Å². The van der Waals surface area contributed by atoms with E-state index in [1.807, 2.05) is 30.1 Å². The molecule has 3 N–H and O–H groups in total. The van der Waals surface area contributed by atoms with Crippen molar-refractivity contribution in [2.45, 2.75) is 25.8 Å². The van der Waals surface area contributed by atoms with Gasteiger partial charge in [0.1, 0.15) is 0 Å². The summed E-state index contributed by atoms with van der Waals surface area (Å²) in [6.45, 7) is 1.55. The minimum Gasteiger partial charge on any atom is -0.357 e. The van der Waals surface area contributed by atoms with Crippen LogP contribution in [-0.2, 0) is 23.6 Å². The van der Waals surface area contributed by atoms with Gasteiger partial charge < -0.3 is 15.2 Å². The van der Waals surface area contributed by atoms with Gasteiger partial charge in [-0.1, -0.05) is 6.42 Å². The van der Waals surface area contributed by atoms with Gasteiger partial charge in [0, 0.05) is 46.1 Å². The molecule has 1 aliphatic rings. The van der Waals surface area contributed by atoms with Gasteiger partial charge in [0.05, 0.1) is 5.75 Å². The van der Waals surface area contributed by atoms with Crippen LogP contribution in [0.25, 0.3) is 0 Å². The highest BCUT2D eigenvalue weighted by molar-refractivity contribution is 7.89. The number of guanidine groups is 1. The van der Waals surface area contributed by atoms with Crippen LogP contribution in [0.15, 0.2) is 23.5 Å². The van der Waals surface area contributed by atoms with Crippen molar-refractivity contribution in [3.63, 3.8) is 0 Å². The van der Waals surface area contributed by atoms with Crippen molar-refractivity contribution in [3.8, 4) is 0 Å². The first kappa shape index (κ1) is 17.8. The van der Waals surface area contributed by atoms with E-state index in [1.165, 1.54) is 6.42 Å². The Morgan fingerprint density at radius 2 is 2.17 bits per heavy atom. The summed E-state index contributed by atoms with van der Waals surface area (Å²) in [5, 5.41) is 6.20. The highest BCUT2D eigenvalue weighted by Crippen LogP contribution is 2.25. The second-order valence-corrected chi connectivity index (χ2v) is 7.93. The van der Waals surface area contributed by atoms with E-state index >= 15 is 0 Å². The zero-order valence-corrected chi connectivity index (χ0v) is 14.7. The maximum atomic E-state index is 11.9. The summed E-state index contributed by atoms with van der Waals surface area (Å²) in [6, 6.07) is 2.02. The van der Waals surface area contributed by atoms with E-state index < -0.39 is 10.0 Å². The molecular weight excluding hydrogens is 314 g/mol. The van der Waals surface area contributed by atoms with E-state index in [-0.39, 0.29) is 5.75 Å². The first-order valence-electron chi connectivity index (χ1n) is 8.01. The highest BCUT2D eigenvalue weighted by Gasteiger charge is 2.19. The Morgan fingerprint density at radius 3 is 2.74 bits per heavy atom. The Bertz CT molecular complexity index is 620. The van der Waals surface area contributed by atoms with Crippen LogP contribution < -0.4 is 15.4 Å². The van der Waals surface area contributed by atoms with Crippen molar-refractivity contribution in [3.05, 3.63) is 24.0 Å². The Labute approximate surface area is 138 Å². The molecule has 0 aromatic carbocycles. The van der Waals surface area contributed by atoms with Crippen molar-refractivity contribution < 1.29 is 8.42 Å². The Hall–Kier alpha value is -1.54. The summed E-state index contributed by atoms with van der Waals surface area (Å²) < 4.78 is 28.5. The fourth-order valence-corrected chi connectivity index (χ4v) is 3.39. The van der Waals surface area contributed by atoms with Crippen molar-refractivity contribution in [1.82, 2.24) is 19.9 Å². The predicted octanol–water partition coefficient (Wildman–Crippen LogP) is 0.410. The minimum absolute atomic E-state index is 0.0474. The molecule has 1 heterocycles. The molecule has 1 aliphatic carbocycles. The number of nitrogens with one attached hydrogen (secondary N) is 3. The van der Waals surface area contributed by atoms with Crippen LogP contribution in [0.5, 0.6) is 0 Å². The third kappa shape index (κ3) is 6.23. The molecular formula is C15H27N5O2S. The molecule has 1 aromatic rings. The number of aliphatic imine (C=N–C) groups is 1. The molecule has 0 bridgehead atoms. The molecule has 0 aliphatic heterocycles. The number of hydrogen-bond acceptors (Lipinski definition) is 3. The molecule has 0 atom stereocenters. The third-order valence-corrected chi connectivity index (χ3v) is 5.40. The molecule has 2 rings (SSSR count). The normalized spacial score (nSPS) is 16.2. The summed E-state index contributed by atoms with van der Waals surface area (Å²) in [4.78, 5) is 4.10. The molecule has 0 radical (unpaired) electrons. The number of nitrogens with zero attached hydrogens (tertiary/aromatic N) is 2. The van der Waals surface area contributed by atoms with Gasteiger partial charge in [0.25, 0.3) is 0 Å². The topological polar surface area (TPSA) is 87.5 Å². The molecule has 1 aromatic heterocycles. The second-order valence-electron chi connectivity index (χ2n) is 6.00. The number of rotatable bonds is 8. The lowest BCUT2D eigenvalue weighted by molar-refractivity contribution is 0.316. The maximum absolute atomic E-state index is 11.9. The zero-order chi connectivity index (χ0) is 16.7. The summed E-state index contributed by atoms with van der Waals surface area (Å²) in [7, 11) is 0.421. The predicted molar refractivity (Wildman–Crippen MR) is 92.7 cm³/mol. The van der Waals surface area contributed by atoms with E-state index in [0.717, 1.165) is 18.4 Å². The lowest BCUT2D eigenvalue weighted by Gasteiger charge is -2.25. The van der Waals surface area contributed by atoms with Gasteiger partial charge in [0.15, 0.2) is 5.96 Å². The molecule has 1 saturated carbocycles. The van der Waals surface area contributed by atoms with E-state index in [0.29, 0.717) is 31.5 Å². The molecule has 0 saturated heterocycles. The standard InChI is InChI=1S/C15H27N5O2S/c1-16-15(18-10-14-6-8-20(2)12-14)17-7-9-23(21,22)19-11-13-4-3-5-13/h6,8,12-13,19H,3-5,7,9-11H2,1-2H3,(H2,16,17,18). The fraction of sp³-hybridized carbons (Fsp3) is 0.667. The number of aromatic nitrogens is 1. The summed E-state index contributed by atoms with van der Waals surface area (Å²) in [6.07, 6.45) is 7.49. The SMILES string of the molecule is CN=C(NCCS(=O)(=O)NCC1CCC1)NCc1ccn(C)c1. The maximum Gasteiger partial charge on any atom is 0.213 e. The second kappa shape index (κ2) is 8.35. The largest absolute Gasteiger partial charge is 0.357 e. The van der Waals surface area contributed by atoms with Gasteiger partial charge in [0.2, 0.25) is 10.0 Å². The Balaban J connectivity index is 1.66. The van der Waals surface area contributed by atoms with Crippen LogP contribution in [0.3, 0.4) is 0 Å². The molecule has 8 heteroatoms. The number of aryl methyl sites for hydroxylation is 1. The third-order valence-electron chi connectivity index (χ3n) is 4.06. The van der Waals surface area contributed by atoms with Crippen molar-refractivity contribution in [2.24, 2.45) is 18.0 Å². The molecule has 23 heavy (non-hydrogen) atoms. The average molecular weight is 341 g/mol. The van der Waals surface area contributed by atoms with Crippen LogP contribution in [0.2, 0.25) is 0 Å². The summed E-state index contributed by atoms with van der Waals surface area (Å²) in [5.74, 6) is 1.17. The van der Waals surface area contributed by atoms with Crippen LogP contribution in [-0.4, -0.2) is 44.8 Å². The molecule has 130 valence electrons. The van der Waals surface area contributed by atoms with Gasteiger partial charge in [-0.25, -0.2) is 13.1 Å². The highest BCUT2D eigenvalue weighted by atomic mass is 32.2. The van der Waals surface area contributed by atoms with Crippen LogP contribution in [0.1, 0.15) is 24.8 Å². The van der Waals surface area contributed by atoms with Gasteiger partial charge in [-0.3, -0.25) is 4.99 Å². The summed E-state index contributed by atoms with van der Waals surface area (Å²) in [5.41, 5.74) is 1.14. The van der Waals surface area contributed by atoms with Crippen LogP contribution in [0, 0.1) is 5.92 Å². The van der Waals surface area contributed by atoms with Gasteiger partial charge >= 0.3 is 0 Å². The molecule has 7 nitrogen and oxygen atoms in total. The first-order valence-corrected chi connectivity index (χ1v) is 9.66. The Kier molecular flexibility index (Phi) is 6.47. The van der Waals surface area contributed by atoms with Gasteiger partial charge in [-0.15, -0.1) is 0 Å². The fourth-order valence-electron chi connectivity index (χ4n) is 2.39. The zero-order valence-electron chi connectivity index (χ0n) is 13.9. The van der Waals surface area contributed by atoms with Crippen LogP contribution in [0.4, 0.5) is 0 Å². The average Bonchev–Trinajstić information content (AvgIpc) is 2.86. The minimum atomic E-state index is -3.22. The number of hydrogen-bond donors (Lipinski definition) is 3. The first-order chi connectivity index (χ1) is 11.0. The quantitative estimate of drug-likeness (QED) is 0.472. The monoisotopic (exact) mass is 341 g/mol. The van der Waals surface area contributed by atoms with Crippen LogP contribution >= 0.6 is 0 Å². The van der Waals surface area contributed by atoms with E-state index in [9.17, 15) is 8.42 Å². The number of sulfonamides is 1. The Morgan fingerprint density at radius 1 is 1.39 bits per heavy atom. The lowest BCUT2D eigenvalue weighted by Crippen LogP contribution is -2.41. The lowest BCUT2D eigenvalue weighted by atomic mass is 9.86. The van der Waals surface area contributed by atoms with E-state index in [4.69, 9.17) is 0 Å². The molecule has 0 unspecified atom stereocenters. The van der Waals surface area contributed by atoms with E-state index in [1.54, 1.807) is 7.05 Å². The summed E-state index contributed by atoms with van der Waals surface area (Å²) >= 11 is 0. The smallest absolute Gasteiger partial charge is 0.213 e. The van der Waals surface area contributed by atoms with Gasteiger partial charge in [-0.05, 0) is 30.4 Å². The molecule has 0 spiro atoms. The molecule has 1 fully saturated rings. The van der Waals surface area contributed by atoms with Crippen molar-refractivity contribution in [2.75, 3.05) is 25.9 Å². The van der Waals surface area contributed by atoms with Gasteiger partial charge in [-0.2, -0.15) is 0 Å².